The third kappa shape index (κ3) is 2.42. The van der Waals surface area contributed by atoms with Crippen molar-refractivity contribution in [3.05, 3.63) is 30.2 Å². The molecule has 2 rings (SSSR count). The predicted molar refractivity (Wildman–Crippen MR) is 67.9 cm³/mol. The van der Waals surface area contributed by atoms with Crippen LogP contribution in [0.4, 0.5) is 5.69 Å². The highest BCUT2D eigenvalue weighted by molar-refractivity contribution is 6.18. The Morgan fingerprint density at radius 2 is 2.18 bits per heavy atom. The number of rotatable bonds is 3. The second-order valence-electron chi connectivity index (χ2n) is 4.57. The molecule has 1 aromatic heterocycles. The van der Waals surface area contributed by atoms with Crippen LogP contribution in [0.15, 0.2) is 28.8 Å². The molecule has 0 aliphatic carbocycles. The van der Waals surface area contributed by atoms with Gasteiger partial charge in [-0.1, -0.05) is 17.3 Å². The van der Waals surface area contributed by atoms with Crippen molar-refractivity contribution in [1.29, 1.82) is 0 Å². The van der Waals surface area contributed by atoms with Crippen LogP contribution >= 0.6 is 11.6 Å². The predicted octanol–water partition coefficient (Wildman–Crippen LogP) is 2.84. The second kappa shape index (κ2) is 4.37. The molecule has 0 unspecified atom stereocenters. The molecule has 17 heavy (non-hydrogen) atoms. The van der Waals surface area contributed by atoms with E-state index in [4.69, 9.17) is 21.9 Å². The number of hydrogen-bond donors (Lipinski definition) is 1. The smallest absolute Gasteiger partial charge is 0.233 e. The standard InChI is InChI=1S/C12H14ClN3O/c1-12(2,7-13)11-15-10(16-17-11)8-4-3-5-9(14)6-8/h3-6H,7,14H2,1-2H3. The number of anilines is 1. The molecule has 0 fully saturated rings. The Labute approximate surface area is 105 Å². The largest absolute Gasteiger partial charge is 0.399 e. The Morgan fingerprint density at radius 1 is 1.41 bits per heavy atom. The maximum atomic E-state index is 5.86. The van der Waals surface area contributed by atoms with Crippen molar-refractivity contribution >= 4 is 17.3 Å². The number of alkyl halides is 1. The van der Waals surface area contributed by atoms with Crippen LogP contribution in [0, 0.1) is 0 Å². The molecule has 4 nitrogen and oxygen atoms in total. The summed E-state index contributed by atoms with van der Waals surface area (Å²) >= 11 is 5.86. The molecule has 2 aromatic rings. The number of benzene rings is 1. The lowest BCUT2D eigenvalue weighted by molar-refractivity contribution is 0.323. The Hall–Kier alpha value is -1.55. The van der Waals surface area contributed by atoms with Gasteiger partial charge in [0, 0.05) is 17.1 Å². The highest BCUT2D eigenvalue weighted by atomic mass is 35.5. The minimum absolute atomic E-state index is 0.326. The van der Waals surface area contributed by atoms with Gasteiger partial charge in [-0.3, -0.25) is 0 Å². The summed E-state index contributed by atoms with van der Waals surface area (Å²) in [5, 5.41) is 3.94. The average Bonchev–Trinajstić information content (AvgIpc) is 2.79. The van der Waals surface area contributed by atoms with Gasteiger partial charge in [-0.15, -0.1) is 11.6 Å². The topological polar surface area (TPSA) is 64.9 Å². The summed E-state index contributed by atoms with van der Waals surface area (Å²) in [4.78, 5) is 4.35. The molecule has 0 spiro atoms. The maximum Gasteiger partial charge on any atom is 0.233 e. The van der Waals surface area contributed by atoms with Crippen molar-refractivity contribution in [1.82, 2.24) is 10.1 Å². The molecule has 0 atom stereocenters. The van der Waals surface area contributed by atoms with Crippen LogP contribution in [-0.2, 0) is 5.41 Å². The fourth-order valence-electron chi connectivity index (χ4n) is 1.35. The number of nitrogens with two attached hydrogens (primary N) is 1. The zero-order valence-corrected chi connectivity index (χ0v) is 10.5. The van der Waals surface area contributed by atoms with E-state index in [0.29, 0.717) is 23.3 Å². The molecule has 0 aliphatic heterocycles. The quantitative estimate of drug-likeness (QED) is 0.673. The van der Waals surface area contributed by atoms with Gasteiger partial charge in [-0.05, 0) is 26.0 Å². The van der Waals surface area contributed by atoms with Crippen LogP contribution in [0.5, 0.6) is 0 Å². The molecule has 2 N–H and O–H groups in total. The number of nitrogen functional groups attached to an aromatic ring is 1. The lowest BCUT2D eigenvalue weighted by Crippen LogP contribution is -2.19. The molecule has 0 bridgehead atoms. The van der Waals surface area contributed by atoms with Crippen molar-refractivity contribution in [2.45, 2.75) is 19.3 Å². The highest BCUT2D eigenvalue weighted by Gasteiger charge is 2.26. The van der Waals surface area contributed by atoms with Crippen LogP contribution in [-0.4, -0.2) is 16.0 Å². The Kier molecular flexibility index (Phi) is 3.07. The van der Waals surface area contributed by atoms with E-state index in [1.54, 1.807) is 0 Å². The SMILES string of the molecule is CC(C)(CCl)c1nc(-c2cccc(N)c2)no1. The molecule has 5 heteroatoms. The summed E-state index contributed by atoms with van der Waals surface area (Å²) in [6, 6.07) is 7.36. The third-order valence-corrected chi connectivity index (χ3v) is 3.15. The van der Waals surface area contributed by atoms with E-state index in [9.17, 15) is 0 Å². The second-order valence-corrected chi connectivity index (χ2v) is 4.83. The first kappa shape index (κ1) is 11.9. The molecule has 1 heterocycles. The van der Waals surface area contributed by atoms with Crippen LogP contribution in [0.2, 0.25) is 0 Å². The van der Waals surface area contributed by atoms with Gasteiger partial charge in [0.05, 0.1) is 5.41 Å². The number of hydrogen-bond acceptors (Lipinski definition) is 4. The number of aromatic nitrogens is 2. The molecule has 0 saturated carbocycles. The minimum atomic E-state index is -0.326. The number of halogens is 1. The first-order chi connectivity index (χ1) is 8.03. The summed E-state index contributed by atoms with van der Waals surface area (Å²) in [7, 11) is 0. The lowest BCUT2D eigenvalue weighted by Gasteiger charge is -2.14. The molecule has 0 aliphatic rings. The minimum Gasteiger partial charge on any atom is -0.399 e. The van der Waals surface area contributed by atoms with Gasteiger partial charge < -0.3 is 10.3 Å². The highest BCUT2D eigenvalue weighted by Crippen LogP contribution is 2.26. The average molecular weight is 252 g/mol. The van der Waals surface area contributed by atoms with Crippen molar-refractivity contribution in [2.24, 2.45) is 0 Å². The van der Waals surface area contributed by atoms with Crippen LogP contribution in [0.25, 0.3) is 11.4 Å². The van der Waals surface area contributed by atoms with E-state index in [0.717, 1.165) is 5.56 Å². The van der Waals surface area contributed by atoms with Gasteiger partial charge >= 0.3 is 0 Å². The molecular weight excluding hydrogens is 238 g/mol. The molecule has 1 aromatic carbocycles. The van der Waals surface area contributed by atoms with Gasteiger partial charge in [-0.2, -0.15) is 4.98 Å². The lowest BCUT2D eigenvalue weighted by atomic mass is 9.96. The summed E-state index contributed by atoms with van der Waals surface area (Å²) in [6.07, 6.45) is 0. The van der Waals surface area contributed by atoms with E-state index in [1.165, 1.54) is 0 Å². The van der Waals surface area contributed by atoms with Gasteiger partial charge in [-0.25, -0.2) is 0 Å². The summed E-state index contributed by atoms with van der Waals surface area (Å²) in [5.41, 5.74) is 6.89. The fraction of sp³-hybridized carbons (Fsp3) is 0.333. The Balaban J connectivity index is 2.36. The van der Waals surface area contributed by atoms with Crippen molar-refractivity contribution in [3.63, 3.8) is 0 Å². The van der Waals surface area contributed by atoms with Crippen LogP contribution in [0.1, 0.15) is 19.7 Å². The van der Waals surface area contributed by atoms with E-state index >= 15 is 0 Å². The molecule has 0 amide bonds. The third-order valence-electron chi connectivity index (χ3n) is 2.48. The van der Waals surface area contributed by atoms with Crippen LogP contribution in [0.3, 0.4) is 0 Å². The molecule has 0 saturated heterocycles. The Bertz CT molecular complexity index is 522. The van der Waals surface area contributed by atoms with E-state index in [-0.39, 0.29) is 5.41 Å². The van der Waals surface area contributed by atoms with Crippen molar-refractivity contribution in [3.8, 4) is 11.4 Å². The monoisotopic (exact) mass is 251 g/mol. The number of nitrogens with zero attached hydrogens (tertiary/aromatic N) is 2. The van der Waals surface area contributed by atoms with Gasteiger partial charge in [0.15, 0.2) is 0 Å². The van der Waals surface area contributed by atoms with E-state index < -0.39 is 0 Å². The zero-order valence-electron chi connectivity index (χ0n) is 9.77. The van der Waals surface area contributed by atoms with E-state index in [1.807, 2.05) is 38.1 Å². The zero-order chi connectivity index (χ0) is 12.5. The van der Waals surface area contributed by atoms with Gasteiger partial charge in [0.25, 0.3) is 0 Å². The van der Waals surface area contributed by atoms with Crippen molar-refractivity contribution < 1.29 is 4.52 Å². The Morgan fingerprint density at radius 3 is 2.82 bits per heavy atom. The van der Waals surface area contributed by atoms with Gasteiger partial charge in [0.1, 0.15) is 0 Å². The van der Waals surface area contributed by atoms with E-state index in [2.05, 4.69) is 10.1 Å². The van der Waals surface area contributed by atoms with Crippen LogP contribution < -0.4 is 5.73 Å². The first-order valence-electron chi connectivity index (χ1n) is 5.29. The summed E-state index contributed by atoms with van der Waals surface area (Å²) in [6.45, 7) is 3.91. The summed E-state index contributed by atoms with van der Waals surface area (Å²) in [5.74, 6) is 1.49. The van der Waals surface area contributed by atoms with Gasteiger partial charge in [0.2, 0.25) is 11.7 Å². The maximum absolute atomic E-state index is 5.86. The normalized spacial score (nSPS) is 11.7. The molecule has 90 valence electrons. The first-order valence-corrected chi connectivity index (χ1v) is 5.82. The van der Waals surface area contributed by atoms with Crippen molar-refractivity contribution in [2.75, 3.05) is 11.6 Å². The fourth-order valence-corrected chi connectivity index (χ4v) is 1.46. The molecular formula is C12H14ClN3O. The summed E-state index contributed by atoms with van der Waals surface area (Å²) < 4.78 is 5.23. The molecule has 0 radical (unpaired) electrons.